The molecule has 0 saturated carbocycles. The Morgan fingerprint density at radius 2 is 2.35 bits per heavy atom. The van der Waals surface area contributed by atoms with Crippen molar-refractivity contribution < 1.29 is 14.2 Å². The second kappa shape index (κ2) is 5.78. The van der Waals surface area contributed by atoms with Gasteiger partial charge in [0.25, 0.3) is 0 Å². The molecule has 1 aromatic rings. The lowest BCUT2D eigenvalue weighted by Crippen LogP contribution is -2.27. The van der Waals surface area contributed by atoms with Crippen LogP contribution in [0, 0.1) is 11.7 Å². The maximum atomic E-state index is 13.4. The Kier molecular flexibility index (Phi) is 4.34. The van der Waals surface area contributed by atoms with Gasteiger partial charge in [-0.15, -0.1) is 0 Å². The Balaban J connectivity index is 2.25. The number of hydrogen-bond donors (Lipinski definition) is 2. The molecule has 1 aliphatic rings. The topological polar surface area (TPSA) is 41.5 Å². The monoisotopic (exact) mass is 259 g/mol. The lowest BCUT2D eigenvalue weighted by molar-refractivity contribution is 0.0113. The lowest BCUT2D eigenvalue weighted by Gasteiger charge is -2.23. The van der Waals surface area contributed by atoms with Crippen molar-refractivity contribution in [3.63, 3.8) is 0 Å². The molecule has 1 aliphatic heterocycles. The molecule has 3 nitrogen and oxygen atoms in total. The summed E-state index contributed by atoms with van der Waals surface area (Å²) in [7, 11) is 0. The average Bonchev–Trinajstić information content (AvgIpc) is 2.57. The number of rotatable bonds is 2. The van der Waals surface area contributed by atoms with E-state index in [0.29, 0.717) is 13.2 Å². The van der Waals surface area contributed by atoms with Crippen molar-refractivity contribution in [2.24, 2.45) is 5.92 Å². The van der Waals surface area contributed by atoms with Crippen molar-refractivity contribution in [2.75, 3.05) is 26.3 Å². The van der Waals surface area contributed by atoms with E-state index in [9.17, 15) is 9.50 Å². The third-order valence-corrected chi connectivity index (χ3v) is 3.22. The van der Waals surface area contributed by atoms with Crippen LogP contribution in [0.5, 0.6) is 0 Å². The fraction of sp³-hybridized carbons (Fsp3) is 0.500. The normalized spacial score (nSPS) is 25.6. The maximum Gasteiger partial charge on any atom is 0.142 e. The fourth-order valence-corrected chi connectivity index (χ4v) is 2.12. The molecule has 0 aliphatic carbocycles. The van der Waals surface area contributed by atoms with Crippen molar-refractivity contribution in [3.05, 3.63) is 34.6 Å². The molecule has 5 heteroatoms. The molecular formula is C12H15ClFNO2. The molecule has 0 bridgehead atoms. The molecule has 1 heterocycles. The SMILES string of the molecule is OCC1CNCCOC1c1ccc(Cl)c(F)c1. The van der Waals surface area contributed by atoms with Gasteiger partial charge in [0.1, 0.15) is 5.82 Å². The van der Waals surface area contributed by atoms with Gasteiger partial charge in [-0.1, -0.05) is 17.7 Å². The van der Waals surface area contributed by atoms with Crippen LogP contribution in [0.4, 0.5) is 4.39 Å². The first-order valence-corrected chi connectivity index (χ1v) is 5.98. The summed E-state index contributed by atoms with van der Waals surface area (Å²) in [4.78, 5) is 0. The standard InChI is InChI=1S/C12H15ClFNO2/c13-10-2-1-8(5-11(10)14)12-9(7-16)6-15-3-4-17-12/h1-2,5,9,12,15-16H,3-4,6-7H2. The molecule has 94 valence electrons. The Morgan fingerprint density at radius 3 is 3.06 bits per heavy atom. The molecule has 0 radical (unpaired) electrons. The van der Waals surface area contributed by atoms with E-state index in [4.69, 9.17) is 16.3 Å². The molecule has 17 heavy (non-hydrogen) atoms. The molecule has 0 aromatic heterocycles. The second-order valence-electron chi connectivity index (χ2n) is 4.11. The van der Waals surface area contributed by atoms with Gasteiger partial charge in [0.2, 0.25) is 0 Å². The van der Waals surface area contributed by atoms with Crippen LogP contribution in [0.2, 0.25) is 5.02 Å². The number of nitrogens with one attached hydrogen (secondary N) is 1. The molecule has 2 rings (SSSR count). The minimum atomic E-state index is -0.457. The Bertz CT molecular complexity index is 389. The summed E-state index contributed by atoms with van der Waals surface area (Å²) >= 11 is 5.64. The summed E-state index contributed by atoms with van der Waals surface area (Å²) in [5, 5.41) is 12.6. The zero-order valence-corrected chi connectivity index (χ0v) is 10.1. The van der Waals surface area contributed by atoms with Crippen LogP contribution < -0.4 is 5.32 Å². The average molecular weight is 260 g/mol. The predicted octanol–water partition coefficient (Wildman–Crippen LogP) is 1.75. The van der Waals surface area contributed by atoms with Gasteiger partial charge in [-0.25, -0.2) is 4.39 Å². The smallest absolute Gasteiger partial charge is 0.142 e. The van der Waals surface area contributed by atoms with Crippen molar-refractivity contribution in [1.82, 2.24) is 5.32 Å². The number of halogens is 2. The van der Waals surface area contributed by atoms with E-state index < -0.39 is 5.82 Å². The van der Waals surface area contributed by atoms with Crippen LogP contribution in [0.25, 0.3) is 0 Å². The Labute approximate surface area is 105 Å². The van der Waals surface area contributed by atoms with Gasteiger partial charge in [0.15, 0.2) is 0 Å². The molecule has 2 unspecified atom stereocenters. The van der Waals surface area contributed by atoms with Gasteiger partial charge in [-0.2, -0.15) is 0 Å². The number of benzene rings is 1. The molecule has 2 N–H and O–H groups in total. The minimum absolute atomic E-state index is 0.00190. The summed E-state index contributed by atoms with van der Waals surface area (Å²) in [6.45, 7) is 1.95. The van der Waals surface area contributed by atoms with Crippen LogP contribution in [-0.2, 0) is 4.74 Å². The van der Waals surface area contributed by atoms with Gasteiger partial charge in [0.05, 0.1) is 17.7 Å². The zero-order valence-electron chi connectivity index (χ0n) is 9.33. The highest BCUT2D eigenvalue weighted by molar-refractivity contribution is 6.30. The molecular weight excluding hydrogens is 245 g/mol. The third-order valence-electron chi connectivity index (χ3n) is 2.92. The molecule has 0 amide bonds. The highest BCUT2D eigenvalue weighted by atomic mass is 35.5. The van der Waals surface area contributed by atoms with E-state index in [1.807, 2.05) is 0 Å². The van der Waals surface area contributed by atoms with E-state index in [1.54, 1.807) is 6.07 Å². The predicted molar refractivity (Wildman–Crippen MR) is 63.5 cm³/mol. The maximum absolute atomic E-state index is 13.4. The first-order valence-electron chi connectivity index (χ1n) is 5.60. The van der Waals surface area contributed by atoms with E-state index >= 15 is 0 Å². The summed E-state index contributed by atoms with van der Waals surface area (Å²) in [6.07, 6.45) is -0.290. The van der Waals surface area contributed by atoms with E-state index in [-0.39, 0.29) is 23.7 Å². The van der Waals surface area contributed by atoms with Crippen molar-refractivity contribution >= 4 is 11.6 Å². The van der Waals surface area contributed by atoms with Gasteiger partial charge < -0.3 is 15.2 Å². The number of ether oxygens (including phenoxy) is 1. The highest BCUT2D eigenvalue weighted by Crippen LogP contribution is 2.29. The first kappa shape index (κ1) is 12.8. The third kappa shape index (κ3) is 2.96. The second-order valence-corrected chi connectivity index (χ2v) is 4.52. The fourth-order valence-electron chi connectivity index (χ4n) is 2.01. The largest absolute Gasteiger partial charge is 0.396 e. The van der Waals surface area contributed by atoms with Crippen LogP contribution in [0.15, 0.2) is 18.2 Å². The van der Waals surface area contributed by atoms with Crippen LogP contribution in [0.1, 0.15) is 11.7 Å². The van der Waals surface area contributed by atoms with Crippen LogP contribution in [0.3, 0.4) is 0 Å². The summed E-state index contributed by atoms with van der Waals surface area (Å²) in [5.41, 5.74) is 0.717. The summed E-state index contributed by atoms with van der Waals surface area (Å²) in [5.74, 6) is -0.528. The zero-order chi connectivity index (χ0) is 12.3. The van der Waals surface area contributed by atoms with Gasteiger partial charge in [0, 0.05) is 25.6 Å². The lowest BCUT2D eigenvalue weighted by atomic mass is 9.96. The van der Waals surface area contributed by atoms with Crippen molar-refractivity contribution in [3.8, 4) is 0 Å². The summed E-state index contributed by atoms with van der Waals surface area (Å²) < 4.78 is 19.1. The summed E-state index contributed by atoms with van der Waals surface area (Å²) in [6, 6.07) is 4.63. The number of aliphatic hydroxyl groups excluding tert-OH is 1. The molecule has 2 atom stereocenters. The van der Waals surface area contributed by atoms with Crippen LogP contribution >= 0.6 is 11.6 Å². The molecule has 0 spiro atoms. The van der Waals surface area contributed by atoms with Gasteiger partial charge >= 0.3 is 0 Å². The Hall–Kier alpha value is -0.680. The van der Waals surface area contributed by atoms with Crippen molar-refractivity contribution in [1.29, 1.82) is 0 Å². The first-order chi connectivity index (χ1) is 8.22. The highest BCUT2D eigenvalue weighted by Gasteiger charge is 2.26. The van der Waals surface area contributed by atoms with Crippen molar-refractivity contribution in [2.45, 2.75) is 6.10 Å². The number of hydrogen-bond acceptors (Lipinski definition) is 3. The van der Waals surface area contributed by atoms with E-state index in [1.165, 1.54) is 12.1 Å². The quantitative estimate of drug-likeness (QED) is 0.850. The van der Waals surface area contributed by atoms with E-state index in [0.717, 1.165) is 12.1 Å². The number of aliphatic hydroxyl groups is 1. The molecule has 1 saturated heterocycles. The van der Waals surface area contributed by atoms with Gasteiger partial charge in [-0.3, -0.25) is 0 Å². The molecule has 1 aromatic carbocycles. The minimum Gasteiger partial charge on any atom is -0.396 e. The van der Waals surface area contributed by atoms with Crippen LogP contribution in [-0.4, -0.2) is 31.4 Å². The van der Waals surface area contributed by atoms with Gasteiger partial charge in [-0.05, 0) is 17.7 Å². The van der Waals surface area contributed by atoms with E-state index in [2.05, 4.69) is 5.32 Å². The Morgan fingerprint density at radius 1 is 1.53 bits per heavy atom. The molecule has 1 fully saturated rings.